The smallest absolute Gasteiger partial charge is 0.231 e. The third-order valence-electron chi connectivity index (χ3n) is 3.02. The zero-order chi connectivity index (χ0) is 11.6. The summed E-state index contributed by atoms with van der Waals surface area (Å²) < 4.78 is 12.7. The van der Waals surface area contributed by atoms with Crippen LogP contribution in [0.4, 0.5) is 10.1 Å². The highest BCUT2D eigenvalue weighted by atomic mass is 19.1. The summed E-state index contributed by atoms with van der Waals surface area (Å²) in [6.45, 7) is 3.50. The number of nitrogens with one attached hydrogen (secondary N) is 2. The Labute approximate surface area is 94.0 Å². The summed E-state index contributed by atoms with van der Waals surface area (Å²) in [4.78, 5) is 12.0. The third-order valence-corrected chi connectivity index (χ3v) is 3.02. The van der Waals surface area contributed by atoms with E-state index < -0.39 is 0 Å². The number of carbonyl (C=O) groups is 1. The Kier molecular flexibility index (Phi) is 2.92. The van der Waals surface area contributed by atoms with Crippen LogP contribution in [0, 0.1) is 11.2 Å². The summed E-state index contributed by atoms with van der Waals surface area (Å²) in [5.74, 6) is -0.309. The molecule has 86 valence electrons. The van der Waals surface area contributed by atoms with Crippen LogP contribution in [0.5, 0.6) is 0 Å². The molecular formula is C12H15FN2O. The maximum atomic E-state index is 12.7. The molecule has 1 aromatic rings. The van der Waals surface area contributed by atoms with Gasteiger partial charge in [0.05, 0.1) is 5.41 Å². The fraction of sp³-hybridized carbons (Fsp3) is 0.417. The first-order valence-corrected chi connectivity index (χ1v) is 5.38. The van der Waals surface area contributed by atoms with E-state index in [9.17, 15) is 9.18 Å². The lowest BCUT2D eigenvalue weighted by atomic mass is 9.89. The summed E-state index contributed by atoms with van der Waals surface area (Å²) >= 11 is 0. The van der Waals surface area contributed by atoms with Gasteiger partial charge in [0.1, 0.15) is 5.82 Å². The zero-order valence-corrected chi connectivity index (χ0v) is 9.22. The minimum absolute atomic E-state index is 0.0101. The van der Waals surface area contributed by atoms with Crippen molar-refractivity contribution < 1.29 is 9.18 Å². The Hall–Kier alpha value is -1.42. The molecule has 0 aliphatic carbocycles. The van der Waals surface area contributed by atoms with E-state index in [0.717, 1.165) is 13.0 Å². The first-order chi connectivity index (χ1) is 7.60. The van der Waals surface area contributed by atoms with E-state index in [1.54, 1.807) is 12.1 Å². The van der Waals surface area contributed by atoms with Crippen molar-refractivity contribution in [3.05, 3.63) is 30.1 Å². The molecule has 0 radical (unpaired) electrons. The molecule has 16 heavy (non-hydrogen) atoms. The van der Waals surface area contributed by atoms with E-state index in [0.29, 0.717) is 12.2 Å². The highest BCUT2D eigenvalue weighted by Crippen LogP contribution is 2.26. The first kappa shape index (κ1) is 11.1. The van der Waals surface area contributed by atoms with Crippen LogP contribution < -0.4 is 10.6 Å². The minimum atomic E-state index is -0.353. The number of benzene rings is 1. The second-order valence-corrected chi connectivity index (χ2v) is 4.45. The maximum Gasteiger partial charge on any atom is 0.231 e. The summed E-state index contributed by atoms with van der Waals surface area (Å²) in [5, 5.41) is 5.97. The van der Waals surface area contributed by atoms with Gasteiger partial charge in [-0.1, -0.05) is 0 Å². The summed E-state index contributed by atoms with van der Waals surface area (Å²) in [6.07, 6.45) is 0.833. The Balaban J connectivity index is 2.04. The molecule has 2 N–H and O–H groups in total. The Morgan fingerprint density at radius 2 is 2.12 bits per heavy atom. The summed E-state index contributed by atoms with van der Waals surface area (Å²) in [5.41, 5.74) is 0.286. The van der Waals surface area contributed by atoms with Gasteiger partial charge in [0.2, 0.25) is 5.91 Å². The van der Waals surface area contributed by atoms with Gasteiger partial charge >= 0.3 is 0 Å². The molecule has 1 saturated heterocycles. The monoisotopic (exact) mass is 222 g/mol. The molecule has 0 aromatic heterocycles. The number of hydrogen-bond acceptors (Lipinski definition) is 2. The largest absolute Gasteiger partial charge is 0.326 e. The van der Waals surface area contributed by atoms with Crippen LogP contribution in [0.25, 0.3) is 0 Å². The molecule has 2 rings (SSSR count). The van der Waals surface area contributed by atoms with Gasteiger partial charge in [0, 0.05) is 12.2 Å². The number of anilines is 1. The van der Waals surface area contributed by atoms with Crippen molar-refractivity contribution in [1.82, 2.24) is 5.32 Å². The van der Waals surface area contributed by atoms with Crippen LogP contribution >= 0.6 is 0 Å². The molecule has 1 aliphatic heterocycles. The summed E-state index contributed by atoms with van der Waals surface area (Å²) in [6, 6.07) is 5.81. The Bertz CT molecular complexity index is 383. The fourth-order valence-corrected chi connectivity index (χ4v) is 1.83. The predicted octanol–water partition coefficient (Wildman–Crippen LogP) is 1.76. The fourth-order valence-electron chi connectivity index (χ4n) is 1.83. The van der Waals surface area contributed by atoms with Gasteiger partial charge < -0.3 is 10.6 Å². The van der Waals surface area contributed by atoms with Gasteiger partial charge in [0.25, 0.3) is 0 Å². The van der Waals surface area contributed by atoms with E-state index in [1.807, 2.05) is 6.92 Å². The molecule has 1 heterocycles. The molecule has 0 saturated carbocycles. The lowest BCUT2D eigenvalue weighted by Gasteiger charge is -2.21. The predicted molar refractivity (Wildman–Crippen MR) is 60.6 cm³/mol. The highest BCUT2D eigenvalue weighted by Gasteiger charge is 2.36. The van der Waals surface area contributed by atoms with Crippen molar-refractivity contribution in [1.29, 1.82) is 0 Å². The molecule has 1 aromatic carbocycles. The normalized spacial score (nSPS) is 24.4. The SMILES string of the molecule is CC1(C(=O)Nc2ccc(F)cc2)CCNC1. The van der Waals surface area contributed by atoms with Crippen molar-refractivity contribution in [3.63, 3.8) is 0 Å². The molecule has 1 amide bonds. The lowest BCUT2D eigenvalue weighted by molar-refractivity contribution is -0.123. The first-order valence-electron chi connectivity index (χ1n) is 5.38. The van der Waals surface area contributed by atoms with Gasteiger partial charge in [-0.25, -0.2) is 4.39 Å². The minimum Gasteiger partial charge on any atom is -0.326 e. The Morgan fingerprint density at radius 1 is 1.44 bits per heavy atom. The molecule has 1 aliphatic rings. The number of rotatable bonds is 2. The van der Waals surface area contributed by atoms with Crippen LogP contribution in [-0.2, 0) is 4.79 Å². The average molecular weight is 222 g/mol. The van der Waals surface area contributed by atoms with E-state index in [2.05, 4.69) is 10.6 Å². The third kappa shape index (κ3) is 2.22. The number of carbonyl (C=O) groups excluding carboxylic acids is 1. The molecular weight excluding hydrogens is 207 g/mol. The second-order valence-electron chi connectivity index (χ2n) is 4.45. The molecule has 3 nitrogen and oxygen atoms in total. The van der Waals surface area contributed by atoms with E-state index >= 15 is 0 Å². The van der Waals surface area contributed by atoms with E-state index in [4.69, 9.17) is 0 Å². The highest BCUT2D eigenvalue weighted by molar-refractivity contribution is 5.95. The molecule has 0 bridgehead atoms. The van der Waals surface area contributed by atoms with Crippen LogP contribution in [0.3, 0.4) is 0 Å². The second kappa shape index (κ2) is 4.22. The van der Waals surface area contributed by atoms with Crippen molar-refractivity contribution in [2.24, 2.45) is 5.41 Å². The van der Waals surface area contributed by atoms with Crippen LogP contribution in [0.2, 0.25) is 0 Å². The van der Waals surface area contributed by atoms with Gasteiger partial charge in [-0.3, -0.25) is 4.79 Å². The van der Waals surface area contributed by atoms with Crippen molar-refractivity contribution in [2.45, 2.75) is 13.3 Å². The van der Waals surface area contributed by atoms with Gasteiger partial charge in [-0.15, -0.1) is 0 Å². The zero-order valence-electron chi connectivity index (χ0n) is 9.22. The Morgan fingerprint density at radius 3 is 2.69 bits per heavy atom. The van der Waals surface area contributed by atoms with Crippen molar-refractivity contribution in [3.8, 4) is 0 Å². The van der Waals surface area contributed by atoms with Crippen LogP contribution in [0.15, 0.2) is 24.3 Å². The quantitative estimate of drug-likeness (QED) is 0.800. The average Bonchev–Trinajstić information content (AvgIpc) is 2.70. The van der Waals surface area contributed by atoms with Crippen molar-refractivity contribution >= 4 is 11.6 Å². The topological polar surface area (TPSA) is 41.1 Å². The lowest BCUT2D eigenvalue weighted by Crippen LogP contribution is -2.35. The van der Waals surface area contributed by atoms with E-state index in [1.165, 1.54) is 12.1 Å². The van der Waals surface area contributed by atoms with Gasteiger partial charge in [0.15, 0.2) is 0 Å². The molecule has 1 atom stereocenters. The van der Waals surface area contributed by atoms with Gasteiger partial charge in [-0.2, -0.15) is 0 Å². The van der Waals surface area contributed by atoms with Crippen molar-refractivity contribution in [2.75, 3.05) is 18.4 Å². The molecule has 4 heteroatoms. The maximum absolute atomic E-state index is 12.7. The standard InChI is InChI=1S/C12H15FN2O/c1-12(6-7-14-8-12)11(16)15-10-4-2-9(13)3-5-10/h2-5,14H,6-8H2,1H3,(H,15,16). The molecule has 1 fully saturated rings. The molecule has 1 unspecified atom stereocenters. The molecule has 0 spiro atoms. The van der Waals surface area contributed by atoms with Crippen LogP contribution in [-0.4, -0.2) is 19.0 Å². The number of hydrogen-bond donors (Lipinski definition) is 2. The van der Waals surface area contributed by atoms with E-state index in [-0.39, 0.29) is 17.1 Å². The van der Waals surface area contributed by atoms with Crippen LogP contribution in [0.1, 0.15) is 13.3 Å². The number of amides is 1. The summed E-state index contributed by atoms with van der Waals surface area (Å²) in [7, 11) is 0. The van der Waals surface area contributed by atoms with Gasteiger partial charge in [-0.05, 0) is 44.2 Å². The number of halogens is 1.